The zero-order valence-electron chi connectivity index (χ0n) is 8.45. The highest BCUT2D eigenvalue weighted by atomic mass is 32.2. The van der Waals surface area contributed by atoms with Crippen molar-refractivity contribution in [2.24, 2.45) is 0 Å². The van der Waals surface area contributed by atoms with Crippen LogP contribution in [-0.2, 0) is 4.79 Å². The van der Waals surface area contributed by atoms with Crippen molar-refractivity contribution in [2.45, 2.75) is 25.8 Å². The fourth-order valence-corrected chi connectivity index (χ4v) is 2.61. The topological polar surface area (TPSA) is 49.3 Å². The van der Waals surface area contributed by atoms with Gasteiger partial charge in [0.1, 0.15) is 0 Å². The van der Waals surface area contributed by atoms with Gasteiger partial charge in [0.15, 0.2) is 0 Å². The van der Waals surface area contributed by atoms with E-state index in [9.17, 15) is 4.79 Å². The summed E-state index contributed by atoms with van der Waals surface area (Å²) in [6.45, 7) is 2.55. The van der Waals surface area contributed by atoms with Crippen LogP contribution < -0.4 is 5.32 Å². The molecule has 14 heavy (non-hydrogen) atoms. The second-order valence-electron chi connectivity index (χ2n) is 3.36. The molecule has 1 rings (SSSR count). The highest BCUT2D eigenvalue weighted by Crippen LogP contribution is 2.16. The molecule has 2 N–H and O–H groups in total. The van der Waals surface area contributed by atoms with Gasteiger partial charge in [-0.25, -0.2) is 4.79 Å². The van der Waals surface area contributed by atoms with Crippen molar-refractivity contribution >= 4 is 17.7 Å². The van der Waals surface area contributed by atoms with E-state index in [4.69, 9.17) is 5.11 Å². The van der Waals surface area contributed by atoms with E-state index >= 15 is 0 Å². The van der Waals surface area contributed by atoms with E-state index in [0.29, 0.717) is 24.6 Å². The van der Waals surface area contributed by atoms with Gasteiger partial charge in [-0.2, -0.15) is 11.8 Å². The quantitative estimate of drug-likeness (QED) is 0.682. The van der Waals surface area contributed by atoms with Gasteiger partial charge in [-0.1, -0.05) is 13.0 Å². The van der Waals surface area contributed by atoms with Crippen LogP contribution in [0.5, 0.6) is 0 Å². The molecule has 1 fully saturated rings. The lowest BCUT2D eigenvalue weighted by Crippen LogP contribution is -2.28. The predicted molar refractivity (Wildman–Crippen MR) is 59.7 cm³/mol. The van der Waals surface area contributed by atoms with Gasteiger partial charge in [0.25, 0.3) is 0 Å². The first-order valence-corrected chi connectivity index (χ1v) is 6.13. The van der Waals surface area contributed by atoms with Crippen LogP contribution in [0.4, 0.5) is 0 Å². The molecule has 1 unspecified atom stereocenters. The normalized spacial score (nSPS) is 22.6. The van der Waals surface area contributed by atoms with Crippen LogP contribution in [0.3, 0.4) is 0 Å². The Bertz CT molecular complexity index is 222. The molecule has 0 aliphatic carbocycles. The molecule has 1 aliphatic heterocycles. The second kappa shape index (κ2) is 6.09. The van der Waals surface area contributed by atoms with Crippen molar-refractivity contribution < 1.29 is 9.90 Å². The van der Waals surface area contributed by atoms with Crippen molar-refractivity contribution in [3.05, 3.63) is 11.6 Å². The van der Waals surface area contributed by atoms with Crippen molar-refractivity contribution in [2.75, 3.05) is 18.1 Å². The molecular weight excluding hydrogens is 198 g/mol. The summed E-state index contributed by atoms with van der Waals surface area (Å²) < 4.78 is 0. The highest BCUT2D eigenvalue weighted by Gasteiger charge is 2.13. The standard InChI is InChI=1S/C10H17NO2S/c1-2-8(10(12)13)3-5-11-9-4-6-14-7-9/h3,9,11H,2,4-7H2,1H3,(H,12,13). The number of nitrogens with one attached hydrogen (secondary N) is 1. The fourth-order valence-electron chi connectivity index (χ4n) is 1.43. The minimum absolute atomic E-state index is 0.503. The van der Waals surface area contributed by atoms with Gasteiger partial charge in [0.2, 0.25) is 0 Å². The Morgan fingerprint density at radius 2 is 2.50 bits per heavy atom. The van der Waals surface area contributed by atoms with Gasteiger partial charge in [-0.05, 0) is 18.6 Å². The van der Waals surface area contributed by atoms with Gasteiger partial charge in [-0.15, -0.1) is 0 Å². The Morgan fingerprint density at radius 1 is 1.71 bits per heavy atom. The Morgan fingerprint density at radius 3 is 3.00 bits per heavy atom. The van der Waals surface area contributed by atoms with Crippen LogP contribution in [0, 0.1) is 0 Å². The number of aliphatic carboxylic acids is 1. The van der Waals surface area contributed by atoms with E-state index in [1.54, 1.807) is 6.08 Å². The van der Waals surface area contributed by atoms with E-state index in [-0.39, 0.29) is 0 Å². The molecule has 80 valence electrons. The van der Waals surface area contributed by atoms with Gasteiger partial charge in [0.05, 0.1) is 0 Å². The number of rotatable bonds is 5. The van der Waals surface area contributed by atoms with E-state index in [0.717, 1.165) is 5.75 Å². The summed E-state index contributed by atoms with van der Waals surface area (Å²) >= 11 is 1.95. The zero-order chi connectivity index (χ0) is 10.4. The first kappa shape index (κ1) is 11.6. The molecule has 0 spiro atoms. The van der Waals surface area contributed by atoms with Gasteiger partial charge >= 0.3 is 5.97 Å². The van der Waals surface area contributed by atoms with Crippen LogP contribution in [0.25, 0.3) is 0 Å². The molecule has 0 radical (unpaired) electrons. The summed E-state index contributed by atoms with van der Waals surface area (Å²) in [6, 6.07) is 0.572. The lowest BCUT2D eigenvalue weighted by molar-refractivity contribution is -0.132. The summed E-state index contributed by atoms with van der Waals surface area (Å²) in [5.41, 5.74) is 0.503. The molecular formula is C10H17NO2S. The molecule has 4 heteroatoms. The monoisotopic (exact) mass is 215 g/mol. The number of carbonyl (C=O) groups is 1. The second-order valence-corrected chi connectivity index (χ2v) is 4.51. The van der Waals surface area contributed by atoms with Gasteiger partial charge in [-0.3, -0.25) is 0 Å². The molecule has 1 heterocycles. The van der Waals surface area contributed by atoms with E-state index in [1.165, 1.54) is 12.2 Å². The Kier molecular flexibility index (Phi) is 5.04. The molecule has 0 saturated carbocycles. The summed E-state index contributed by atoms with van der Waals surface area (Å²) in [5.74, 6) is 1.58. The molecule has 0 bridgehead atoms. The molecule has 0 aromatic rings. The summed E-state index contributed by atoms with van der Waals surface area (Å²) in [6.07, 6.45) is 3.58. The van der Waals surface area contributed by atoms with Crippen LogP contribution >= 0.6 is 11.8 Å². The maximum atomic E-state index is 10.7. The van der Waals surface area contributed by atoms with Gasteiger partial charge in [0, 0.05) is 23.9 Å². The Labute approximate surface area is 89.0 Å². The summed E-state index contributed by atoms with van der Waals surface area (Å²) in [5, 5.41) is 12.1. The van der Waals surface area contributed by atoms with Crippen molar-refractivity contribution in [3.63, 3.8) is 0 Å². The molecule has 0 aromatic carbocycles. The minimum Gasteiger partial charge on any atom is -0.478 e. The minimum atomic E-state index is -0.796. The number of hydrogen-bond acceptors (Lipinski definition) is 3. The average molecular weight is 215 g/mol. The molecule has 1 saturated heterocycles. The Balaban J connectivity index is 2.26. The summed E-state index contributed by atoms with van der Waals surface area (Å²) in [7, 11) is 0. The Hall–Kier alpha value is -0.480. The third-order valence-corrected chi connectivity index (χ3v) is 3.50. The SMILES string of the molecule is CCC(=CCNC1CCSC1)C(=O)O. The maximum absolute atomic E-state index is 10.7. The molecule has 1 aliphatic rings. The number of carboxylic acids is 1. The number of hydrogen-bond donors (Lipinski definition) is 2. The highest BCUT2D eigenvalue weighted by molar-refractivity contribution is 7.99. The first-order valence-electron chi connectivity index (χ1n) is 4.97. The molecule has 3 nitrogen and oxygen atoms in total. The third kappa shape index (κ3) is 3.72. The average Bonchev–Trinajstić information content (AvgIpc) is 2.64. The van der Waals surface area contributed by atoms with Crippen molar-refractivity contribution in [1.29, 1.82) is 0 Å². The largest absolute Gasteiger partial charge is 0.478 e. The van der Waals surface area contributed by atoms with Crippen molar-refractivity contribution in [3.8, 4) is 0 Å². The number of carboxylic acid groups (broad SMARTS) is 1. The van der Waals surface area contributed by atoms with E-state index < -0.39 is 5.97 Å². The first-order chi connectivity index (χ1) is 6.74. The van der Waals surface area contributed by atoms with Gasteiger partial charge < -0.3 is 10.4 Å². The molecule has 0 aromatic heterocycles. The van der Waals surface area contributed by atoms with Crippen LogP contribution in [0.15, 0.2) is 11.6 Å². The smallest absolute Gasteiger partial charge is 0.331 e. The molecule has 1 atom stereocenters. The fraction of sp³-hybridized carbons (Fsp3) is 0.700. The van der Waals surface area contributed by atoms with Crippen LogP contribution in [0.2, 0.25) is 0 Å². The maximum Gasteiger partial charge on any atom is 0.331 e. The van der Waals surface area contributed by atoms with Crippen LogP contribution in [0.1, 0.15) is 19.8 Å². The lowest BCUT2D eigenvalue weighted by atomic mass is 10.2. The van der Waals surface area contributed by atoms with Crippen LogP contribution in [-0.4, -0.2) is 35.2 Å². The van der Waals surface area contributed by atoms with E-state index in [2.05, 4.69) is 5.32 Å². The van der Waals surface area contributed by atoms with E-state index in [1.807, 2.05) is 18.7 Å². The lowest BCUT2D eigenvalue weighted by Gasteiger charge is -2.08. The zero-order valence-corrected chi connectivity index (χ0v) is 9.27. The summed E-state index contributed by atoms with van der Waals surface area (Å²) in [4.78, 5) is 10.7. The predicted octanol–water partition coefficient (Wildman–Crippen LogP) is 1.50. The van der Waals surface area contributed by atoms with Crippen molar-refractivity contribution in [1.82, 2.24) is 5.32 Å². The molecule has 0 amide bonds. The third-order valence-electron chi connectivity index (χ3n) is 2.34. The number of thioether (sulfide) groups is 1.